The van der Waals surface area contributed by atoms with Crippen molar-refractivity contribution in [3.8, 4) is 0 Å². The van der Waals surface area contributed by atoms with E-state index in [0.717, 1.165) is 11.4 Å². The lowest BCUT2D eigenvalue weighted by Crippen LogP contribution is -2.11. The molecule has 0 saturated carbocycles. The summed E-state index contributed by atoms with van der Waals surface area (Å²) in [6, 6.07) is 0. The van der Waals surface area contributed by atoms with Gasteiger partial charge >= 0.3 is 0 Å². The van der Waals surface area contributed by atoms with Crippen LogP contribution in [-0.2, 0) is 0 Å². The van der Waals surface area contributed by atoms with Crippen LogP contribution >= 0.6 is 0 Å². The zero-order valence-electron chi connectivity index (χ0n) is 7.91. The molecule has 70 valence electrons. The summed E-state index contributed by atoms with van der Waals surface area (Å²) >= 11 is 0. The maximum Gasteiger partial charge on any atom is 0.150 e. The van der Waals surface area contributed by atoms with Gasteiger partial charge in [-0.05, 0) is 5.92 Å². The van der Waals surface area contributed by atoms with E-state index >= 15 is 0 Å². The molecule has 13 heavy (non-hydrogen) atoms. The fraction of sp³-hybridized carbons (Fsp3) is 0.333. The average molecular weight is 178 g/mol. The Morgan fingerprint density at radius 2 is 2.46 bits per heavy atom. The van der Waals surface area contributed by atoms with Crippen LogP contribution in [0.15, 0.2) is 24.1 Å². The van der Waals surface area contributed by atoms with E-state index in [2.05, 4.69) is 21.5 Å². The van der Waals surface area contributed by atoms with Crippen molar-refractivity contribution in [2.45, 2.75) is 13.8 Å². The summed E-state index contributed by atoms with van der Waals surface area (Å²) in [5, 5.41) is 0. The lowest BCUT2D eigenvalue weighted by molar-refractivity contribution is 0.881. The number of anilines is 1. The average Bonchev–Trinajstić information content (AvgIpc) is 2.47. The van der Waals surface area contributed by atoms with Crippen molar-refractivity contribution in [1.82, 2.24) is 9.97 Å². The molecular formula is C9H14N4. The van der Waals surface area contributed by atoms with Crippen LogP contribution in [0, 0.1) is 5.92 Å². The number of nitrogens with one attached hydrogen (secondary N) is 1. The SMILES string of the molecule is C=CN=C(c1[nH]cnc1N)C(C)C. The smallest absolute Gasteiger partial charge is 0.150 e. The first-order valence-electron chi connectivity index (χ1n) is 4.14. The first-order valence-corrected chi connectivity index (χ1v) is 4.14. The summed E-state index contributed by atoms with van der Waals surface area (Å²) < 4.78 is 0. The number of aliphatic imine (C=N–C) groups is 1. The number of imidazole rings is 1. The Hall–Kier alpha value is -1.58. The van der Waals surface area contributed by atoms with Gasteiger partial charge < -0.3 is 10.7 Å². The first-order chi connectivity index (χ1) is 6.16. The van der Waals surface area contributed by atoms with Gasteiger partial charge in [0.25, 0.3) is 0 Å². The lowest BCUT2D eigenvalue weighted by atomic mass is 10.1. The largest absolute Gasteiger partial charge is 0.382 e. The van der Waals surface area contributed by atoms with E-state index in [-0.39, 0.29) is 0 Å². The number of rotatable bonds is 3. The molecule has 0 radical (unpaired) electrons. The number of nitrogen functional groups attached to an aromatic ring is 1. The van der Waals surface area contributed by atoms with Crippen LogP contribution < -0.4 is 5.73 Å². The van der Waals surface area contributed by atoms with Gasteiger partial charge in [-0.15, -0.1) is 0 Å². The monoisotopic (exact) mass is 178 g/mol. The quantitative estimate of drug-likeness (QED) is 0.690. The molecule has 1 aromatic heterocycles. The minimum Gasteiger partial charge on any atom is -0.382 e. The second kappa shape index (κ2) is 3.89. The summed E-state index contributed by atoms with van der Waals surface area (Å²) in [5.74, 6) is 0.773. The van der Waals surface area contributed by atoms with Crippen molar-refractivity contribution in [3.63, 3.8) is 0 Å². The number of hydrogen-bond donors (Lipinski definition) is 2. The first kappa shape index (κ1) is 9.51. The third-order valence-electron chi connectivity index (χ3n) is 1.70. The third-order valence-corrected chi connectivity index (χ3v) is 1.70. The van der Waals surface area contributed by atoms with Crippen molar-refractivity contribution in [2.75, 3.05) is 5.73 Å². The molecular weight excluding hydrogens is 164 g/mol. The van der Waals surface area contributed by atoms with Crippen LogP contribution in [0.2, 0.25) is 0 Å². The summed E-state index contributed by atoms with van der Waals surface area (Å²) in [6.45, 7) is 7.65. The molecule has 0 unspecified atom stereocenters. The summed E-state index contributed by atoms with van der Waals surface area (Å²) in [4.78, 5) is 11.0. The van der Waals surface area contributed by atoms with E-state index in [1.807, 2.05) is 13.8 Å². The van der Waals surface area contributed by atoms with Crippen molar-refractivity contribution >= 4 is 11.5 Å². The number of aromatic amines is 1. The highest BCUT2D eigenvalue weighted by Crippen LogP contribution is 2.12. The van der Waals surface area contributed by atoms with Gasteiger partial charge in [0.05, 0.1) is 12.0 Å². The fourth-order valence-electron chi connectivity index (χ4n) is 1.11. The molecule has 4 nitrogen and oxygen atoms in total. The fourth-order valence-corrected chi connectivity index (χ4v) is 1.11. The molecule has 0 atom stereocenters. The van der Waals surface area contributed by atoms with Crippen LogP contribution in [0.3, 0.4) is 0 Å². The second-order valence-electron chi connectivity index (χ2n) is 3.01. The molecule has 1 rings (SSSR count). The van der Waals surface area contributed by atoms with Crippen molar-refractivity contribution in [3.05, 3.63) is 24.8 Å². The topological polar surface area (TPSA) is 67.1 Å². The number of hydrogen-bond acceptors (Lipinski definition) is 3. The maximum atomic E-state index is 5.65. The van der Waals surface area contributed by atoms with E-state index < -0.39 is 0 Å². The van der Waals surface area contributed by atoms with Gasteiger partial charge in [0.2, 0.25) is 0 Å². The standard InChI is InChI=1S/C9H14N4/c1-4-11-7(6(2)3)8-9(10)13-5-12-8/h4-6H,1,10H2,2-3H3,(H,12,13). The Balaban J connectivity index is 3.09. The van der Waals surface area contributed by atoms with Crippen LogP contribution in [0.1, 0.15) is 19.5 Å². The zero-order chi connectivity index (χ0) is 9.84. The molecule has 0 amide bonds. The van der Waals surface area contributed by atoms with Gasteiger partial charge in [0, 0.05) is 6.20 Å². The predicted molar refractivity (Wildman–Crippen MR) is 54.6 cm³/mol. The van der Waals surface area contributed by atoms with Crippen molar-refractivity contribution < 1.29 is 0 Å². The van der Waals surface area contributed by atoms with Crippen LogP contribution in [0.4, 0.5) is 5.82 Å². The van der Waals surface area contributed by atoms with Gasteiger partial charge in [0.1, 0.15) is 5.69 Å². The number of aromatic nitrogens is 2. The molecule has 0 saturated heterocycles. The minimum atomic E-state index is 0.292. The van der Waals surface area contributed by atoms with E-state index in [9.17, 15) is 0 Å². The van der Waals surface area contributed by atoms with Crippen LogP contribution in [0.25, 0.3) is 0 Å². The molecule has 3 N–H and O–H groups in total. The van der Waals surface area contributed by atoms with E-state index in [0.29, 0.717) is 11.7 Å². The highest BCUT2D eigenvalue weighted by Gasteiger charge is 2.12. The Labute approximate surface area is 77.6 Å². The summed E-state index contributed by atoms with van der Waals surface area (Å²) in [7, 11) is 0. The van der Waals surface area contributed by atoms with Crippen molar-refractivity contribution in [1.29, 1.82) is 0 Å². The molecule has 1 aromatic rings. The van der Waals surface area contributed by atoms with Gasteiger partial charge in [-0.1, -0.05) is 20.4 Å². The van der Waals surface area contributed by atoms with Gasteiger partial charge in [-0.3, -0.25) is 4.99 Å². The molecule has 4 heteroatoms. The Bertz CT molecular complexity index is 322. The van der Waals surface area contributed by atoms with E-state index in [1.54, 1.807) is 6.33 Å². The van der Waals surface area contributed by atoms with Crippen molar-refractivity contribution in [2.24, 2.45) is 10.9 Å². The predicted octanol–water partition coefficient (Wildman–Crippen LogP) is 1.58. The molecule has 0 fully saturated rings. The molecule has 0 aliphatic heterocycles. The number of nitrogens with zero attached hydrogens (tertiary/aromatic N) is 2. The third kappa shape index (κ3) is 1.96. The summed E-state index contributed by atoms with van der Waals surface area (Å²) in [6.07, 6.45) is 3.07. The maximum absolute atomic E-state index is 5.65. The van der Waals surface area contributed by atoms with Crippen LogP contribution in [-0.4, -0.2) is 15.7 Å². The molecule has 0 spiro atoms. The highest BCUT2D eigenvalue weighted by molar-refractivity contribution is 6.03. The van der Waals surface area contributed by atoms with Gasteiger partial charge in [-0.25, -0.2) is 4.98 Å². The van der Waals surface area contributed by atoms with E-state index in [4.69, 9.17) is 5.73 Å². The Morgan fingerprint density at radius 1 is 1.77 bits per heavy atom. The molecule has 0 aliphatic carbocycles. The molecule has 0 aromatic carbocycles. The highest BCUT2D eigenvalue weighted by atomic mass is 15.0. The summed E-state index contributed by atoms with van der Waals surface area (Å²) in [5.41, 5.74) is 7.32. The van der Waals surface area contributed by atoms with E-state index in [1.165, 1.54) is 6.20 Å². The van der Waals surface area contributed by atoms with Gasteiger partial charge in [-0.2, -0.15) is 0 Å². The Morgan fingerprint density at radius 3 is 2.85 bits per heavy atom. The number of H-pyrrole nitrogens is 1. The normalized spacial score (nSPS) is 12.1. The zero-order valence-corrected chi connectivity index (χ0v) is 7.91. The van der Waals surface area contributed by atoms with Gasteiger partial charge in [0.15, 0.2) is 5.82 Å². The second-order valence-corrected chi connectivity index (χ2v) is 3.01. The minimum absolute atomic E-state index is 0.292. The Kier molecular flexibility index (Phi) is 2.84. The van der Waals surface area contributed by atoms with Crippen LogP contribution in [0.5, 0.6) is 0 Å². The molecule has 0 bridgehead atoms. The molecule has 0 aliphatic rings. The molecule has 1 heterocycles. The number of nitrogens with two attached hydrogens (primary N) is 1. The lowest BCUT2D eigenvalue weighted by Gasteiger charge is -2.07.